The van der Waals surface area contributed by atoms with Crippen molar-refractivity contribution in [2.75, 3.05) is 0 Å². The second-order valence-corrected chi connectivity index (χ2v) is 19.0. The van der Waals surface area contributed by atoms with E-state index >= 15 is 0 Å². The van der Waals surface area contributed by atoms with E-state index in [2.05, 4.69) is 147 Å². The Balaban J connectivity index is 0. The Kier molecular flexibility index (Phi) is 29.1. The molecule has 1 heterocycles. The molecule has 0 bridgehead atoms. The van der Waals surface area contributed by atoms with E-state index in [0.717, 1.165) is 77.2 Å². The maximum Gasteiger partial charge on any atom is 0.101 e. The van der Waals surface area contributed by atoms with Crippen LogP contribution in [0.5, 0.6) is 0 Å². The highest BCUT2D eigenvalue weighted by atomic mass is 19.1. The Morgan fingerprint density at radius 2 is 1.41 bits per heavy atom. The third kappa shape index (κ3) is 22.1. The van der Waals surface area contributed by atoms with Gasteiger partial charge in [-0.1, -0.05) is 151 Å². The van der Waals surface area contributed by atoms with Crippen molar-refractivity contribution in [1.29, 1.82) is 0 Å². The lowest BCUT2D eigenvalue weighted by Gasteiger charge is -2.36. The van der Waals surface area contributed by atoms with Crippen molar-refractivity contribution in [2.24, 2.45) is 28.2 Å². The average Bonchev–Trinajstić information content (AvgIpc) is 3.13. The van der Waals surface area contributed by atoms with E-state index in [9.17, 15) is 4.39 Å². The summed E-state index contributed by atoms with van der Waals surface area (Å²) in [5, 5.41) is 0. The fourth-order valence-corrected chi connectivity index (χ4v) is 7.44. The van der Waals surface area contributed by atoms with Crippen LogP contribution in [-0.4, -0.2) is 17.4 Å². The minimum Gasteiger partial charge on any atom is -0.305 e. The van der Waals surface area contributed by atoms with E-state index in [1.165, 1.54) is 54.4 Å². The van der Waals surface area contributed by atoms with E-state index in [1.54, 1.807) is 19.3 Å². The van der Waals surface area contributed by atoms with Crippen LogP contribution in [0.25, 0.3) is 5.57 Å². The van der Waals surface area contributed by atoms with Gasteiger partial charge in [-0.15, -0.1) is 12.3 Å². The molecule has 1 aliphatic carbocycles. The summed E-state index contributed by atoms with van der Waals surface area (Å²) in [4.78, 5) is 6.67. The molecule has 334 valence electrons. The van der Waals surface area contributed by atoms with Crippen LogP contribution in [0.4, 0.5) is 4.39 Å². The summed E-state index contributed by atoms with van der Waals surface area (Å²) < 4.78 is 13.4. The summed E-state index contributed by atoms with van der Waals surface area (Å²) in [5.74, 6) is 2.92. The molecule has 1 aromatic rings. The van der Waals surface area contributed by atoms with Crippen molar-refractivity contribution in [2.45, 2.75) is 200 Å². The molecule has 0 saturated heterocycles. The molecule has 0 aromatic heterocycles. The van der Waals surface area contributed by atoms with Crippen molar-refractivity contribution in [3.05, 3.63) is 119 Å². The largest absolute Gasteiger partial charge is 0.305 e. The summed E-state index contributed by atoms with van der Waals surface area (Å²) in [5.41, 5.74) is 14.6. The molecule has 1 aliphatic heterocycles. The molecule has 0 amide bonds. The molecule has 0 radical (unpaired) electrons. The Hall–Kier alpha value is -3.42. The number of rotatable bonds is 15. The molecule has 0 spiro atoms. The van der Waals surface area contributed by atoms with Gasteiger partial charge in [-0.3, -0.25) is 0 Å². The minimum absolute atomic E-state index is 0.0302. The number of alkyl halides is 1. The first-order valence-electron chi connectivity index (χ1n) is 22.9. The fraction of sp³-hybridized carbons (Fsp3) is 0.607. The molecule has 1 unspecified atom stereocenters. The van der Waals surface area contributed by atoms with Gasteiger partial charge < -0.3 is 4.90 Å². The number of halogens is 1. The molecule has 1 saturated carbocycles. The third-order valence-electron chi connectivity index (χ3n) is 11.0. The lowest BCUT2D eigenvalue weighted by molar-refractivity contribution is 0.233. The first kappa shape index (κ1) is 57.7. The Morgan fingerprint density at radius 1 is 0.915 bits per heavy atom. The quantitative estimate of drug-likeness (QED) is 0.0978. The predicted octanol–water partition coefficient (Wildman–Crippen LogP) is 18.4. The number of hydrogen-bond donors (Lipinski definition) is 0. The number of aliphatic imine (C=N–C) groups is 1. The van der Waals surface area contributed by atoms with Crippen molar-refractivity contribution in [1.82, 2.24) is 4.90 Å². The zero-order valence-corrected chi connectivity index (χ0v) is 42.0. The van der Waals surface area contributed by atoms with Crippen LogP contribution in [-0.2, 0) is 5.41 Å². The average molecular weight is 813 g/mol. The van der Waals surface area contributed by atoms with Crippen molar-refractivity contribution in [3.8, 4) is 0 Å². The lowest BCUT2D eigenvalue weighted by atomic mass is 9.67. The lowest BCUT2D eigenvalue weighted by Crippen LogP contribution is -2.28. The van der Waals surface area contributed by atoms with Crippen LogP contribution in [0, 0.1) is 30.1 Å². The maximum absolute atomic E-state index is 13.4. The first-order chi connectivity index (χ1) is 27.4. The monoisotopic (exact) mass is 813 g/mol. The van der Waals surface area contributed by atoms with Crippen LogP contribution in [0.1, 0.15) is 199 Å². The van der Waals surface area contributed by atoms with E-state index < -0.39 is 6.17 Å². The van der Waals surface area contributed by atoms with Gasteiger partial charge in [-0.2, -0.15) is 0 Å². The van der Waals surface area contributed by atoms with Crippen molar-refractivity contribution in [3.63, 3.8) is 0 Å². The van der Waals surface area contributed by atoms with Crippen LogP contribution < -0.4 is 0 Å². The normalized spacial score (nSPS) is 17.4. The SMILES string of the molecule is C=C(C)C.C=C=C(C)C(CCC)(CCC)c1ccc(C(=C)/C=C2/N=CN(/C(C=C)=C/CC(C)F)C(C)=C2C)cc1C.CC(C)C.CC1CC(C)C1.CCCC(C)(C)CC. The zero-order valence-electron chi connectivity index (χ0n) is 42.0. The van der Waals surface area contributed by atoms with Gasteiger partial charge in [0.15, 0.2) is 0 Å². The minimum atomic E-state index is -0.901. The van der Waals surface area contributed by atoms with Gasteiger partial charge >= 0.3 is 0 Å². The molecule has 2 nitrogen and oxygen atoms in total. The number of hydrogen-bond acceptors (Lipinski definition) is 2. The first-order valence-corrected chi connectivity index (χ1v) is 22.9. The Morgan fingerprint density at radius 3 is 1.75 bits per heavy atom. The molecule has 59 heavy (non-hydrogen) atoms. The smallest absolute Gasteiger partial charge is 0.101 e. The van der Waals surface area contributed by atoms with E-state index in [0.29, 0.717) is 11.8 Å². The maximum atomic E-state index is 13.4. The summed E-state index contributed by atoms with van der Waals surface area (Å²) >= 11 is 0. The number of aryl methyl sites for hydroxylation is 1. The van der Waals surface area contributed by atoms with Crippen molar-refractivity contribution < 1.29 is 4.39 Å². The molecular weight excluding hydrogens is 720 g/mol. The topological polar surface area (TPSA) is 15.6 Å². The Labute approximate surface area is 367 Å². The standard InChI is InChI=1S/C34H45FN2.C8H18.C6H12.C4H10.C4H8/c1-11-19-34(20-12-2,26(7)13-3)32-18-16-30(21-25(32)6)24(5)22-33-28(9)29(10)37(23-36-33)31(14-4)17-15-27(8)35;1-5-7-8(3,4)6-2;1-5-3-6(2)4-5;2*1-4(2)3/h14,16-18,21-23,27H,3-5,11-12,15,19-20H2,1-2,6-10H3;5-7H2,1-4H3;5-6H,3-4H2,1-2H3;4H,1-3H3;1H2,2-3H3/b31-17+,33-22+;;;;. The van der Waals surface area contributed by atoms with Crippen molar-refractivity contribution >= 4 is 11.9 Å². The fourth-order valence-electron chi connectivity index (χ4n) is 7.44. The van der Waals surface area contributed by atoms with Crippen LogP contribution in [0.3, 0.4) is 0 Å². The second kappa shape index (κ2) is 29.7. The zero-order chi connectivity index (χ0) is 46.1. The second-order valence-electron chi connectivity index (χ2n) is 19.0. The molecule has 1 fully saturated rings. The van der Waals surface area contributed by atoms with Gasteiger partial charge in [0.2, 0.25) is 0 Å². The van der Waals surface area contributed by atoms with Gasteiger partial charge in [0.1, 0.15) is 6.17 Å². The highest BCUT2D eigenvalue weighted by Gasteiger charge is 2.34. The predicted molar refractivity (Wildman–Crippen MR) is 268 cm³/mol. The number of nitrogens with zero attached hydrogens (tertiary/aromatic N) is 2. The summed E-state index contributed by atoms with van der Waals surface area (Å²) in [7, 11) is 0. The molecule has 1 atom stereocenters. The molecule has 2 aliphatic rings. The van der Waals surface area contributed by atoms with E-state index in [1.807, 2.05) is 37.8 Å². The number of benzene rings is 1. The molecule has 3 rings (SSSR count). The van der Waals surface area contributed by atoms with Gasteiger partial charge in [-0.25, -0.2) is 9.38 Å². The molecule has 1 aromatic carbocycles. The van der Waals surface area contributed by atoms with Gasteiger partial charge in [-0.05, 0) is 156 Å². The molecule has 3 heteroatoms. The summed E-state index contributed by atoms with van der Waals surface area (Å²) in [6, 6.07) is 6.69. The number of allylic oxidation sites excluding steroid dienone is 8. The molecule has 0 N–H and O–H groups in total. The summed E-state index contributed by atoms with van der Waals surface area (Å²) in [6.45, 7) is 54.6. The van der Waals surface area contributed by atoms with Crippen LogP contribution in [0.15, 0.2) is 107 Å². The highest BCUT2D eigenvalue weighted by Crippen LogP contribution is 2.43. The summed E-state index contributed by atoms with van der Waals surface area (Å²) in [6.07, 6.45) is 18.2. The van der Waals surface area contributed by atoms with Crippen LogP contribution in [0.2, 0.25) is 0 Å². The van der Waals surface area contributed by atoms with E-state index in [4.69, 9.17) is 4.99 Å². The van der Waals surface area contributed by atoms with Gasteiger partial charge in [0, 0.05) is 16.8 Å². The molecular formula is C56H93FN2. The van der Waals surface area contributed by atoms with Crippen LogP contribution >= 0.6 is 0 Å². The van der Waals surface area contributed by atoms with E-state index in [-0.39, 0.29) is 5.41 Å². The van der Waals surface area contributed by atoms with Gasteiger partial charge in [0.05, 0.1) is 12.0 Å². The Bertz CT molecular complexity index is 1570. The third-order valence-corrected chi connectivity index (χ3v) is 11.0. The van der Waals surface area contributed by atoms with Gasteiger partial charge in [0.25, 0.3) is 0 Å². The highest BCUT2D eigenvalue weighted by molar-refractivity contribution is 5.77.